The monoisotopic (exact) mass is 1550 g/mol. The first-order valence-electron chi connectivity index (χ1n) is 46.3. The highest BCUT2D eigenvalue weighted by atomic mass is 16.5. The molecular weight excluding hydrogens is 1390 g/mol. The fraction of sp³-hybridized carbons (Fsp3) is 0.851. The first kappa shape index (κ1) is 85.5. The summed E-state index contributed by atoms with van der Waals surface area (Å²) in [5.74, 6) is 6.54. The largest absolute Gasteiger partial charge is 0.498 e. The molecule has 0 spiro atoms. The van der Waals surface area contributed by atoms with Gasteiger partial charge in [-0.25, -0.2) is 0 Å². The smallest absolute Gasteiger partial charge is 0.312 e. The Kier molecular flexibility index (Phi) is 22.5. The molecule has 0 saturated heterocycles. The Morgan fingerprint density at radius 2 is 0.875 bits per heavy atom. The molecule has 14 saturated carbocycles. The van der Waals surface area contributed by atoms with Gasteiger partial charge in [-0.1, -0.05) is 166 Å². The van der Waals surface area contributed by atoms with Gasteiger partial charge in [0.2, 0.25) is 0 Å². The standard InChI is InChI=1S/C37H54O5.C33H54O4.C31H52O2/c1-24(21-38)26-13-18-37(32(41)42-22-25-9-7-6-8-10-25)20-19-35(4)27(31(26)37)11-12-29-33(2)16-15-30(40)34(3,23-39)28(33)14-17-36(29,35)5;1-8-37-22(3)33-16-11-23(21(2)19-34)28(33)24-9-10-26-29(4)14-13-27(36)30(5,20-35)25(29)12-15-32(26,7)31(24,6)17-18-33;1-8-31-17-15-26(2,3)19-22(31)21-9-10-24-27(4)13-12-25(33)28(5,20-32)23(27)11-14-30(24,7)29(21,6)16-18-31/h6-10,26-31,38-40H,1,11-23H2,2-5H3;23-28,34-36H,2-3,8-20H2,1,4-7H3;9,22-25,32-33H,8,10-20H2,1-7H3/t26-,27?,28+,29?,30-,31?,33-,34-,35+,36+,37-;23-,24?,25+,26?,27-,28?,29-,30-,31+,32+,33+;22-,23?,24?,25+,27+,28+,29-,30-,31-/m001/s1. The van der Waals surface area contributed by atoms with Crippen molar-refractivity contribution in [1.29, 1.82) is 0 Å². The molecule has 15 aliphatic carbocycles. The van der Waals surface area contributed by atoms with E-state index in [1.807, 2.05) is 35.9 Å². The zero-order chi connectivity index (χ0) is 81.2. The van der Waals surface area contributed by atoms with Crippen molar-refractivity contribution in [3.63, 3.8) is 0 Å². The number of carbonyl (C=O) groups is 1. The third-order valence-corrected chi connectivity index (χ3v) is 42.7. The summed E-state index contributed by atoms with van der Waals surface area (Å²) in [6.45, 7) is 53.7. The van der Waals surface area contributed by atoms with Crippen LogP contribution in [0, 0.1) is 164 Å². The molecule has 0 aliphatic heterocycles. The summed E-state index contributed by atoms with van der Waals surface area (Å²) in [6, 6.07) is 9.97. The Hall–Kier alpha value is -2.87. The van der Waals surface area contributed by atoms with Gasteiger partial charge in [0.15, 0.2) is 0 Å². The van der Waals surface area contributed by atoms with E-state index in [0.29, 0.717) is 94.1 Å². The van der Waals surface area contributed by atoms with Crippen molar-refractivity contribution in [2.45, 2.75) is 335 Å². The molecule has 16 rings (SSSR count). The molecule has 0 bridgehead atoms. The van der Waals surface area contributed by atoms with Crippen molar-refractivity contribution in [1.82, 2.24) is 0 Å². The lowest BCUT2D eigenvalue weighted by Gasteiger charge is -2.73. The molecule has 1 aromatic carbocycles. The average molecular weight is 1550 g/mol. The van der Waals surface area contributed by atoms with Crippen LogP contribution in [0.2, 0.25) is 0 Å². The quantitative estimate of drug-likeness (QED) is 0.0501. The first-order valence-corrected chi connectivity index (χ1v) is 46.3. The lowest BCUT2D eigenvalue weighted by Crippen LogP contribution is -2.67. The second-order valence-electron chi connectivity index (χ2n) is 46.1. The number of hydrogen-bond acceptors (Lipinski definition) is 11. The van der Waals surface area contributed by atoms with Crippen LogP contribution in [0.3, 0.4) is 0 Å². The predicted octanol–water partition coefficient (Wildman–Crippen LogP) is 20.7. The normalized spacial score (nSPS) is 51.8. The van der Waals surface area contributed by atoms with E-state index in [1.54, 1.807) is 0 Å². The number of ether oxygens (including phenoxy) is 2. The molecule has 31 atom stereocenters. The highest BCUT2D eigenvalue weighted by molar-refractivity contribution is 5.78. The van der Waals surface area contributed by atoms with Gasteiger partial charge in [-0.05, 0) is 359 Å². The van der Waals surface area contributed by atoms with E-state index < -0.39 is 28.5 Å². The van der Waals surface area contributed by atoms with Crippen LogP contribution in [-0.4, -0.2) is 105 Å². The summed E-state index contributed by atoms with van der Waals surface area (Å²) in [5, 5.41) is 84.9. The second kappa shape index (κ2) is 29.5. The average Bonchev–Trinajstić information content (AvgIpc) is 1.05. The topological polar surface area (TPSA) is 197 Å². The first-order chi connectivity index (χ1) is 52.6. The Morgan fingerprint density at radius 3 is 1.33 bits per heavy atom. The summed E-state index contributed by atoms with van der Waals surface area (Å²) < 4.78 is 12.3. The van der Waals surface area contributed by atoms with E-state index in [9.17, 15) is 45.6 Å². The van der Waals surface area contributed by atoms with E-state index >= 15 is 0 Å². The molecule has 8 N–H and O–H groups in total. The Morgan fingerprint density at radius 1 is 0.438 bits per heavy atom. The van der Waals surface area contributed by atoms with Gasteiger partial charge in [-0.3, -0.25) is 4.79 Å². The maximum absolute atomic E-state index is 14.2. The van der Waals surface area contributed by atoms with Crippen molar-refractivity contribution in [2.75, 3.05) is 39.6 Å². The molecular formula is C101H160O11. The molecule has 8 unspecified atom stereocenters. The number of aliphatic hydroxyl groups excluding tert-OH is 8. The lowest BCUT2D eigenvalue weighted by molar-refractivity contribution is -0.254. The van der Waals surface area contributed by atoms with Crippen LogP contribution in [0.5, 0.6) is 0 Å². The van der Waals surface area contributed by atoms with Gasteiger partial charge in [0.05, 0.1) is 69.1 Å². The van der Waals surface area contributed by atoms with E-state index in [-0.39, 0.29) is 106 Å². The Labute approximate surface area is 679 Å². The maximum atomic E-state index is 14.2. The minimum Gasteiger partial charge on any atom is -0.498 e. The summed E-state index contributed by atoms with van der Waals surface area (Å²) in [6.07, 6.45) is 36.1. The van der Waals surface area contributed by atoms with Gasteiger partial charge in [0, 0.05) is 21.7 Å². The zero-order valence-electron chi connectivity index (χ0n) is 73.5. The lowest BCUT2D eigenvalue weighted by atomic mass is 9.32. The highest BCUT2D eigenvalue weighted by Crippen LogP contribution is 2.82. The van der Waals surface area contributed by atoms with Crippen molar-refractivity contribution in [3.8, 4) is 0 Å². The number of fused-ring (bicyclic) bond motifs is 21. The molecule has 11 nitrogen and oxygen atoms in total. The van der Waals surface area contributed by atoms with Gasteiger partial charge >= 0.3 is 5.97 Å². The van der Waals surface area contributed by atoms with Gasteiger partial charge in [-0.2, -0.15) is 0 Å². The van der Waals surface area contributed by atoms with E-state index in [2.05, 4.69) is 137 Å². The van der Waals surface area contributed by atoms with E-state index in [1.165, 1.54) is 77.0 Å². The SMILES string of the molecule is C=C(CO)[C@@H]1CC[C@]2(C(=C)OCC)CC[C@]3(C)C(CCC4[C@@]5(C)CC[C@H](O)[C@@](C)(CO)[C@@H]5CC[C@]43C)C12.C=C(CO)[C@@H]1CC[C@]2(C(=O)OCc3ccccc3)CC[C@]3(C)C(CCC4[C@@]5(C)CC[C@H](O)[C@@](C)(CO)[C@@H]5CC[C@]43C)C12.CC[C@]12CCC(C)(C)C[C@@H]1C1=CCC3[C@@]4(C)CC[C@H](O)[C@@](C)(CO)C4CC[C@@]3(C)[C@]1(C)CC2. The fourth-order valence-electron chi connectivity index (χ4n) is 35.4. The molecule has 0 radical (unpaired) electrons. The van der Waals surface area contributed by atoms with Crippen LogP contribution in [0.1, 0.15) is 315 Å². The second-order valence-corrected chi connectivity index (χ2v) is 46.1. The van der Waals surface area contributed by atoms with Crippen LogP contribution in [0.15, 0.2) is 78.6 Å². The van der Waals surface area contributed by atoms with Crippen LogP contribution < -0.4 is 0 Å². The summed E-state index contributed by atoms with van der Waals surface area (Å²) in [4.78, 5) is 14.2. The van der Waals surface area contributed by atoms with Crippen molar-refractivity contribution >= 4 is 5.97 Å². The van der Waals surface area contributed by atoms with Crippen LogP contribution in [0.4, 0.5) is 0 Å². The van der Waals surface area contributed by atoms with Crippen molar-refractivity contribution < 1.29 is 55.1 Å². The number of hydrogen-bond donors (Lipinski definition) is 8. The van der Waals surface area contributed by atoms with Gasteiger partial charge < -0.3 is 50.3 Å². The van der Waals surface area contributed by atoms with Gasteiger partial charge in [-0.15, -0.1) is 0 Å². The number of benzene rings is 1. The van der Waals surface area contributed by atoms with E-state index in [0.717, 1.165) is 150 Å². The third-order valence-electron chi connectivity index (χ3n) is 42.7. The van der Waals surface area contributed by atoms with E-state index in [4.69, 9.17) is 9.47 Å². The molecule has 0 amide bonds. The third kappa shape index (κ3) is 11.9. The molecule has 11 heteroatoms. The Bertz CT molecular complexity index is 3690. The fourth-order valence-corrected chi connectivity index (χ4v) is 35.4. The predicted molar refractivity (Wildman–Crippen MR) is 449 cm³/mol. The van der Waals surface area contributed by atoms with Crippen molar-refractivity contribution in [2.24, 2.45) is 164 Å². The van der Waals surface area contributed by atoms with Crippen LogP contribution in [0.25, 0.3) is 0 Å². The summed E-state index contributed by atoms with van der Waals surface area (Å²) in [7, 11) is 0. The molecule has 0 heterocycles. The summed E-state index contributed by atoms with van der Waals surface area (Å²) in [5.41, 5.74) is 5.65. The number of carbonyl (C=O) groups excluding carboxylic acids is 1. The number of aliphatic hydroxyl groups is 8. The van der Waals surface area contributed by atoms with Gasteiger partial charge in [0.25, 0.3) is 0 Å². The number of allylic oxidation sites excluding steroid dienone is 3. The molecule has 1 aromatic rings. The molecule has 630 valence electrons. The molecule has 112 heavy (non-hydrogen) atoms. The molecule has 14 fully saturated rings. The highest BCUT2D eigenvalue weighted by Gasteiger charge is 2.76. The molecule has 15 aliphatic rings. The van der Waals surface area contributed by atoms with Crippen LogP contribution >= 0.6 is 0 Å². The zero-order valence-corrected chi connectivity index (χ0v) is 73.5. The minimum absolute atomic E-state index is 0.00231. The van der Waals surface area contributed by atoms with Crippen LogP contribution in [-0.2, 0) is 20.9 Å². The minimum atomic E-state index is -0.517. The maximum Gasteiger partial charge on any atom is 0.312 e. The van der Waals surface area contributed by atoms with Gasteiger partial charge in [0.1, 0.15) is 6.61 Å². The number of esters is 1. The number of rotatable bonds is 14. The van der Waals surface area contributed by atoms with Crippen molar-refractivity contribution in [3.05, 3.63) is 84.2 Å². The molecule has 0 aromatic heterocycles. The Balaban J connectivity index is 0.000000141. The summed E-state index contributed by atoms with van der Waals surface area (Å²) >= 11 is 0.